The van der Waals surface area contributed by atoms with Gasteiger partial charge in [0.1, 0.15) is 0 Å². The van der Waals surface area contributed by atoms with Crippen LogP contribution in [0.15, 0.2) is 55.0 Å². The van der Waals surface area contributed by atoms with Gasteiger partial charge in [0.15, 0.2) is 0 Å². The van der Waals surface area contributed by atoms with Gasteiger partial charge in [0.2, 0.25) is 0 Å². The van der Waals surface area contributed by atoms with Gasteiger partial charge in [-0.2, -0.15) is 5.10 Å². The molecule has 0 aliphatic heterocycles. The summed E-state index contributed by atoms with van der Waals surface area (Å²) >= 11 is 5.89. The highest BCUT2D eigenvalue weighted by atomic mass is 35.5. The lowest BCUT2D eigenvalue weighted by Crippen LogP contribution is -2.28. The normalized spacial score (nSPS) is 10.4. The van der Waals surface area contributed by atoms with Crippen LogP contribution >= 0.6 is 11.6 Å². The Balaban J connectivity index is 1.62. The van der Waals surface area contributed by atoms with Gasteiger partial charge in [-0.1, -0.05) is 17.7 Å². The number of carbonyl (C=O) groups excluding carboxylic acids is 1. The van der Waals surface area contributed by atoms with Gasteiger partial charge in [0.05, 0.1) is 5.69 Å². The van der Waals surface area contributed by atoms with Crippen LogP contribution in [-0.2, 0) is 13.6 Å². The molecule has 0 spiro atoms. The number of urea groups is 1. The van der Waals surface area contributed by atoms with Gasteiger partial charge >= 0.3 is 6.03 Å². The van der Waals surface area contributed by atoms with E-state index in [1.165, 1.54) is 0 Å². The summed E-state index contributed by atoms with van der Waals surface area (Å²) in [4.78, 5) is 16.2. The smallest absolute Gasteiger partial charge is 0.319 e. The lowest BCUT2D eigenvalue weighted by molar-refractivity contribution is 0.251. The van der Waals surface area contributed by atoms with E-state index in [1.54, 1.807) is 47.5 Å². The maximum Gasteiger partial charge on any atom is 0.319 e. The highest BCUT2D eigenvalue weighted by Crippen LogP contribution is 2.18. The van der Waals surface area contributed by atoms with Crippen LogP contribution in [0.25, 0.3) is 11.3 Å². The number of hydrogen-bond acceptors (Lipinski definition) is 3. The minimum atomic E-state index is -0.303. The van der Waals surface area contributed by atoms with E-state index in [-0.39, 0.29) is 6.03 Å². The van der Waals surface area contributed by atoms with Crippen LogP contribution in [0.4, 0.5) is 10.5 Å². The third kappa shape index (κ3) is 3.91. The van der Waals surface area contributed by atoms with Crippen molar-refractivity contribution in [1.82, 2.24) is 20.1 Å². The summed E-state index contributed by atoms with van der Waals surface area (Å²) in [6.07, 6.45) is 5.23. The zero-order chi connectivity index (χ0) is 16.9. The fourth-order valence-corrected chi connectivity index (χ4v) is 2.50. The van der Waals surface area contributed by atoms with Crippen molar-refractivity contribution in [3.05, 3.63) is 65.6 Å². The van der Waals surface area contributed by atoms with Gasteiger partial charge in [0, 0.05) is 48.5 Å². The second-order valence-corrected chi connectivity index (χ2v) is 5.68. The Bertz CT molecular complexity index is 861. The minimum absolute atomic E-state index is 0.303. The molecular weight excluding hydrogens is 326 g/mol. The first-order valence-corrected chi connectivity index (χ1v) is 7.72. The number of aryl methyl sites for hydroxylation is 1. The first-order valence-electron chi connectivity index (χ1n) is 7.34. The molecule has 2 N–H and O–H groups in total. The number of rotatable bonds is 4. The lowest BCUT2D eigenvalue weighted by Gasteiger charge is -2.09. The zero-order valence-corrected chi connectivity index (χ0v) is 13.8. The molecule has 6 nitrogen and oxygen atoms in total. The second-order valence-electron chi connectivity index (χ2n) is 5.24. The molecule has 0 saturated heterocycles. The van der Waals surface area contributed by atoms with E-state index in [4.69, 9.17) is 11.6 Å². The van der Waals surface area contributed by atoms with Crippen LogP contribution < -0.4 is 10.6 Å². The van der Waals surface area contributed by atoms with E-state index >= 15 is 0 Å². The van der Waals surface area contributed by atoms with Crippen LogP contribution in [0, 0.1) is 0 Å². The topological polar surface area (TPSA) is 71.8 Å². The largest absolute Gasteiger partial charge is 0.334 e. The maximum absolute atomic E-state index is 12.0. The number of nitrogens with zero attached hydrogens (tertiary/aromatic N) is 3. The molecule has 7 heteroatoms. The highest BCUT2D eigenvalue weighted by Gasteiger charge is 2.06. The van der Waals surface area contributed by atoms with Gasteiger partial charge < -0.3 is 10.6 Å². The molecule has 0 aliphatic rings. The Morgan fingerprint density at radius 2 is 2.12 bits per heavy atom. The van der Waals surface area contributed by atoms with Crippen LogP contribution in [0.2, 0.25) is 5.02 Å². The quantitative estimate of drug-likeness (QED) is 0.763. The van der Waals surface area contributed by atoms with Crippen molar-refractivity contribution in [1.29, 1.82) is 0 Å². The van der Waals surface area contributed by atoms with Crippen molar-refractivity contribution in [3.8, 4) is 11.3 Å². The molecule has 3 aromatic rings. The Morgan fingerprint density at radius 3 is 2.88 bits per heavy atom. The number of anilines is 1. The van der Waals surface area contributed by atoms with Crippen molar-refractivity contribution < 1.29 is 4.79 Å². The first-order chi connectivity index (χ1) is 11.6. The minimum Gasteiger partial charge on any atom is -0.334 e. The van der Waals surface area contributed by atoms with E-state index in [2.05, 4.69) is 20.7 Å². The summed E-state index contributed by atoms with van der Waals surface area (Å²) in [6, 6.07) is 10.6. The second kappa shape index (κ2) is 7.14. The fourth-order valence-electron chi connectivity index (χ4n) is 2.31. The summed E-state index contributed by atoms with van der Waals surface area (Å²) in [5.74, 6) is 0. The molecule has 0 unspecified atom stereocenters. The van der Waals surface area contributed by atoms with Crippen molar-refractivity contribution in [3.63, 3.8) is 0 Å². The Hall–Kier alpha value is -2.86. The lowest BCUT2D eigenvalue weighted by atomic mass is 10.1. The standard InChI is InChI=1S/C17H16ClN5O/c1-23-16(5-6-21-23)13-7-12(9-19-11-13)10-20-17(24)22-15-4-2-3-14(18)8-15/h2-9,11H,10H2,1H3,(H2,20,22,24). The van der Waals surface area contributed by atoms with Crippen LogP contribution in [-0.4, -0.2) is 20.8 Å². The number of hydrogen-bond donors (Lipinski definition) is 2. The molecule has 3 rings (SSSR count). The zero-order valence-electron chi connectivity index (χ0n) is 13.0. The molecule has 0 radical (unpaired) electrons. The molecule has 2 aromatic heterocycles. The predicted octanol–water partition coefficient (Wildman–Crippen LogP) is 3.46. The highest BCUT2D eigenvalue weighted by molar-refractivity contribution is 6.30. The Labute approximate surface area is 144 Å². The van der Waals surface area contributed by atoms with Crippen molar-refractivity contribution in [2.75, 3.05) is 5.32 Å². The number of halogens is 1. The summed E-state index contributed by atoms with van der Waals surface area (Å²) in [5.41, 5.74) is 3.45. The maximum atomic E-state index is 12.0. The average molecular weight is 342 g/mol. The van der Waals surface area contributed by atoms with Gasteiger partial charge in [0.25, 0.3) is 0 Å². The molecule has 24 heavy (non-hydrogen) atoms. The monoisotopic (exact) mass is 341 g/mol. The predicted molar refractivity (Wildman–Crippen MR) is 93.7 cm³/mol. The van der Waals surface area contributed by atoms with E-state index in [1.807, 2.05) is 19.2 Å². The average Bonchev–Trinajstić information content (AvgIpc) is 2.99. The molecule has 2 amide bonds. The van der Waals surface area contributed by atoms with Crippen molar-refractivity contribution in [2.45, 2.75) is 6.54 Å². The summed E-state index contributed by atoms with van der Waals surface area (Å²) < 4.78 is 1.78. The van der Waals surface area contributed by atoms with Gasteiger partial charge in [-0.05, 0) is 35.9 Å². The SMILES string of the molecule is Cn1nccc1-c1cncc(CNC(=O)Nc2cccc(Cl)c2)c1. The molecule has 0 bridgehead atoms. The number of amides is 2. The van der Waals surface area contributed by atoms with Crippen LogP contribution in [0.1, 0.15) is 5.56 Å². The van der Waals surface area contributed by atoms with Gasteiger partial charge in [-0.3, -0.25) is 9.67 Å². The van der Waals surface area contributed by atoms with Crippen LogP contribution in [0.3, 0.4) is 0 Å². The molecule has 122 valence electrons. The molecule has 1 aromatic carbocycles. The van der Waals surface area contributed by atoms with E-state index < -0.39 is 0 Å². The first kappa shape index (κ1) is 16.0. The van der Waals surface area contributed by atoms with E-state index in [0.29, 0.717) is 17.3 Å². The van der Waals surface area contributed by atoms with E-state index in [0.717, 1.165) is 16.8 Å². The van der Waals surface area contributed by atoms with Crippen molar-refractivity contribution >= 4 is 23.3 Å². The molecule has 0 aliphatic carbocycles. The third-order valence-corrected chi connectivity index (χ3v) is 3.68. The van der Waals surface area contributed by atoms with Gasteiger partial charge in [-0.25, -0.2) is 4.79 Å². The van der Waals surface area contributed by atoms with E-state index in [9.17, 15) is 4.79 Å². The number of nitrogens with one attached hydrogen (secondary N) is 2. The van der Waals surface area contributed by atoms with Gasteiger partial charge in [-0.15, -0.1) is 0 Å². The summed E-state index contributed by atoms with van der Waals surface area (Å²) in [5, 5.41) is 10.3. The summed E-state index contributed by atoms with van der Waals surface area (Å²) in [7, 11) is 1.87. The molecule has 0 saturated carbocycles. The van der Waals surface area contributed by atoms with Crippen molar-refractivity contribution in [2.24, 2.45) is 7.05 Å². The molecule has 0 atom stereocenters. The Kier molecular flexibility index (Phi) is 4.77. The molecule has 2 heterocycles. The van der Waals surface area contributed by atoms with Crippen LogP contribution in [0.5, 0.6) is 0 Å². The number of carbonyl (C=O) groups is 1. The molecular formula is C17H16ClN5O. The Morgan fingerprint density at radius 1 is 1.25 bits per heavy atom. The fraction of sp³-hybridized carbons (Fsp3) is 0.118. The molecule has 0 fully saturated rings. The third-order valence-electron chi connectivity index (χ3n) is 3.45. The number of benzene rings is 1. The summed E-state index contributed by atoms with van der Waals surface area (Å²) in [6.45, 7) is 0.366. The number of aromatic nitrogens is 3. The number of pyridine rings is 1.